The van der Waals surface area contributed by atoms with Gasteiger partial charge in [-0.2, -0.15) is 0 Å². The molecule has 0 aromatic carbocycles. The summed E-state index contributed by atoms with van der Waals surface area (Å²) in [6, 6.07) is 0. The molecule has 1 aliphatic rings. The van der Waals surface area contributed by atoms with Crippen molar-refractivity contribution in [2.45, 2.75) is 46.0 Å². The Morgan fingerprint density at radius 1 is 1.15 bits per heavy atom. The largest absolute Gasteiger partial charge is 0.0885 e. The van der Waals surface area contributed by atoms with Crippen LogP contribution in [-0.4, -0.2) is 0 Å². The lowest BCUT2D eigenvalue weighted by Gasteiger charge is -2.18. The second kappa shape index (κ2) is 6.01. The van der Waals surface area contributed by atoms with Gasteiger partial charge in [-0.15, -0.1) is 0 Å². The highest BCUT2D eigenvalue weighted by Gasteiger charge is 2.11. The van der Waals surface area contributed by atoms with Gasteiger partial charge in [-0.25, -0.2) is 0 Å². The summed E-state index contributed by atoms with van der Waals surface area (Å²) in [5, 5.41) is 0. The van der Waals surface area contributed by atoms with Gasteiger partial charge in [-0.05, 0) is 37.5 Å². The Morgan fingerprint density at radius 3 is 2.62 bits per heavy atom. The highest BCUT2D eigenvalue weighted by Crippen LogP contribution is 2.23. The number of allylic oxidation sites excluding steroid dienone is 4. The third kappa shape index (κ3) is 3.80. The van der Waals surface area contributed by atoms with Gasteiger partial charge in [0.2, 0.25) is 0 Å². The normalized spacial score (nSPS) is 26.2. The molecule has 13 heavy (non-hydrogen) atoms. The Hall–Kier alpha value is -0.520. The number of rotatable bonds is 2. The van der Waals surface area contributed by atoms with Gasteiger partial charge in [-0.1, -0.05) is 44.6 Å². The molecule has 1 aliphatic carbocycles. The van der Waals surface area contributed by atoms with E-state index < -0.39 is 0 Å². The molecule has 1 rings (SSSR count). The van der Waals surface area contributed by atoms with Crippen LogP contribution in [-0.2, 0) is 0 Å². The molecule has 0 saturated carbocycles. The summed E-state index contributed by atoms with van der Waals surface area (Å²) >= 11 is 0. The summed E-state index contributed by atoms with van der Waals surface area (Å²) in [5.74, 6) is 1.66. The van der Waals surface area contributed by atoms with Crippen LogP contribution in [0.3, 0.4) is 0 Å². The fourth-order valence-corrected chi connectivity index (χ4v) is 1.86. The molecule has 0 N–H and O–H groups in total. The number of hydrogen-bond acceptors (Lipinski definition) is 0. The van der Waals surface area contributed by atoms with Crippen LogP contribution in [0.2, 0.25) is 0 Å². The predicted octanol–water partition coefficient (Wildman–Crippen LogP) is 4.34. The van der Waals surface area contributed by atoms with E-state index in [1.54, 1.807) is 0 Å². The molecule has 0 nitrogen and oxygen atoms in total. The van der Waals surface area contributed by atoms with Gasteiger partial charge in [0.25, 0.3) is 0 Å². The first kappa shape index (κ1) is 10.6. The molecule has 0 radical (unpaired) electrons. The van der Waals surface area contributed by atoms with Crippen LogP contribution in [0.25, 0.3) is 0 Å². The van der Waals surface area contributed by atoms with E-state index in [2.05, 4.69) is 38.2 Å². The first-order valence-corrected chi connectivity index (χ1v) is 5.66. The van der Waals surface area contributed by atoms with Crippen molar-refractivity contribution in [2.75, 3.05) is 0 Å². The molecule has 0 fully saturated rings. The zero-order valence-electron chi connectivity index (χ0n) is 9.00. The summed E-state index contributed by atoms with van der Waals surface area (Å²) in [7, 11) is 0. The smallest absolute Gasteiger partial charge is 0.0205 e. The van der Waals surface area contributed by atoms with Crippen molar-refractivity contribution >= 4 is 0 Å². The zero-order valence-corrected chi connectivity index (χ0v) is 9.00. The highest BCUT2D eigenvalue weighted by atomic mass is 14.2. The minimum Gasteiger partial charge on any atom is -0.0885 e. The van der Waals surface area contributed by atoms with Crippen LogP contribution in [0, 0.1) is 11.8 Å². The first-order valence-electron chi connectivity index (χ1n) is 5.66. The van der Waals surface area contributed by atoms with Crippen LogP contribution in [0.5, 0.6) is 0 Å². The van der Waals surface area contributed by atoms with Crippen LogP contribution in [0.15, 0.2) is 24.3 Å². The molecule has 0 saturated heterocycles. The number of hydrogen-bond donors (Lipinski definition) is 0. The van der Waals surface area contributed by atoms with Crippen molar-refractivity contribution in [1.29, 1.82) is 0 Å². The van der Waals surface area contributed by atoms with Gasteiger partial charge < -0.3 is 0 Å². The van der Waals surface area contributed by atoms with Crippen molar-refractivity contribution in [2.24, 2.45) is 11.8 Å². The van der Waals surface area contributed by atoms with E-state index in [0.717, 1.165) is 11.8 Å². The quantitative estimate of drug-likeness (QED) is 0.552. The highest BCUT2D eigenvalue weighted by molar-refractivity contribution is 4.96. The standard InChI is InChI=1S/C13H22/c1-3-12(2)13-10-8-6-4-5-7-9-11-13/h4,6,9,11-13H,3,5,7-8,10H2,1-2H3. The van der Waals surface area contributed by atoms with Crippen molar-refractivity contribution in [3.63, 3.8) is 0 Å². The molecule has 0 spiro atoms. The molecule has 74 valence electrons. The Morgan fingerprint density at radius 2 is 1.85 bits per heavy atom. The van der Waals surface area contributed by atoms with Gasteiger partial charge >= 0.3 is 0 Å². The zero-order chi connectivity index (χ0) is 9.52. The summed E-state index contributed by atoms with van der Waals surface area (Å²) in [5.41, 5.74) is 0. The molecule has 0 aromatic heterocycles. The molecule has 0 aliphatic heterocycles. The molecule has 0 amide bonds. The van der Waals surface area contributed by atoms with Gasteiger partial charge in [0.15, 0.2) is 0 Å². The van der Waals surface area contributed by atoms with E-state index in [4.69, 9.17) is 0 Å². The van der Waals surface area contributed by atoms with Crippen molar-refractivity contribution in [1.82, 2.24) is 0 Å². The Kier molecular flexibility index (Phi) is 4.88. The predicted molar refractivity (Wildman–Crippen MR) is 59.7 cm³/mol. The van der Waals surface area contributed by atoms with E-state index in [1.807, 2.05) is 0 Å². The third-order valence-electron chi connectivity index (χ3n) is 3.09. The summed E-state index contributed by atoms with van der Waals surface area (Å²) in [4.78, 5) is 0. The van der Waals surface area contributed by atoms with E-state index in [9.17, 15) is 0 Å². The molecule has 0 aromatic rings. The van der Waals surface area contributed by atoms with Crippen molar-refractivity contribution < 1.29 is 0 Å². The molecule has 2 unspecified atom stereocenters. The van der Waals surface area contributed by atoms with Crippen LogP contribution in [0.1, 0.15) is 46.0 Å². The lowest BCUT2D eigenvalue weighted by Crippen LogP contribution is -2.07. The summed E-state index contributed by atoms with van der Waals surface area (Å²) < 4.78 is 0. The van der Waals surface area contributed by atoms with Gasteiger partial charge in [-0.3, -0.25) is 0 Å². The lowest BCUT2D eigenvalue weighted by molar-refractivity contribution is 0.395. The van der Waals surface area contributed by atoms with E-state index in [1.165, 1.54) is 32.1 Å². The summed E-state index contributed by atoms with van der Waals surface area (Å²) in [6.07, 6.45) is 15.8. The monoisotopic (exact) mass is 178 g/mol. The van der Waals surface area contributed by atoms with E-state index >= 15 is 0 Å². The van der Waals surface area contributed by atoms with Gasteiger partial charge in [0.1, 0.15) is 0 Å². The average Bonchev–Trinajstić information content (AvgIpc) is 2.29. The minimum atomic E-state index is 0.813. The fraction of sp³-hybridized carbons (Fsp3) is 0.692. The van der Waals surface area contributed by atoms with Gasteiger partial charge in [0, 0.05) is 0 Å². The maximum absolute atomic E-state index is 2.45. The average molecular weight is 178 g/mol. The van der Waals surface area contributed by atoms with Crippen molar-refractivity contribution in [3.8, 4) is 0 Å². The molecule has 2 atom stereocenters. The van der Waals surface area contributed by atoms with Crippen LogP contribution in [0.4, 0.5) is 0 Å². The first-order chi connectivity index (χ1) is 6.34. The third-order valence-corrected chi connectivity index (χ3v) is 3.09. The maximum Gasteiger partial charge on any atom is -0.0205 e. The van der Waals surface area contributed by atoms with Gasteiger partial charge in [0.05, 0.1) is 0 Å². The molecular formula is C13H22. The Labute approximate surface area is 82.7 Å². The topological polar surface area (TPSA) is 0 Å². The second-order valence-electron chi connectivity index (χ2n) is 4.10. The molecule has 0 bridgehead atoms. The lowest BCUT2D eigenvalue weighted by atomic mass is 9.87. The minimum absolute atomic E-state index is 0.813. The van der Waals surface area contributed by atoms with E-state index in [-0.39, 0.29) is 0 Å². The Bertz CT molecular complexity index is 176. The molecule has 0 heterocycles. The van der Waals surface area contributed by atoms with E-state index in [0.29, 0.717) is 0 Å². The van der Waals surface area contributed by atoms with Crippen LogP contribution >= 0.6 is 0 Å². The fourth-order valence-electron chi connectivity index (χ4n) is 1.86. The van der Waals surface area contributed by atoms with Crippen LogP contribution < -0.4 is 0 Å². The second-order valence-corrected chi connectivity index (χ2v) is 4.10. The van der Waals surface area contributed by atoms with Crippen molar-refractivity contribution in [3.05, 3.63) is 24.3 Å². The molecule has 0 heteroatoms. The Balaban J connectivity index is 2.50. The SMILES string of the molecule is CCC(C)C1C=CCCC=CCC1. The molecular weight excluding hydrogens is 156 g/mol. The summed E-state index contributed by atoms with van der Waals surface area (Å²) in [6.45, 7) is 4.66. The maximum atomic E-state index is 2.45.